The number of aldehydes is 1. The van der Waals surface area contributed by atoms with Crippen molar-refractivity contribution in [1.82, 2.24) is 0 Å². The summed E-state index contributed by atoms with van der Waals surface area (Å²) in [5, 5.41) is 0. The minimum absolute atomic E-state index is 0. The Bertz CT molecular complexity index is 2590. The minimum atomic E-state index is -0.174. The fourth-order valence-corrected chi connectivity index (χ4v) is 7.79. The van der Waals surface area contributed by atoms with Gasteiger partial charge in [0.05, 0.1) is 30.9 Å². The fraction of sp³-hybridized carbons (Fsp3) is 0.403. The third kappa shape index (κ3) is 24.2. The molecular formula is C62H83KO14. The van der Waals surface area contributed by atoms with E-state index in [0.29, 0.717) is 57.6 Å². The maximum atomic E-state index is 13.5. The molecule has 0 aromatic heterocycles. The predicted octanol–water partition coefficient (Wildman–Crippen LogP) is 10.5. The molecule has 4 aromatic rings. The van der Waals surface area contributed by atoms with Crippen LogP contribution in [0.1, 0.15) is 120 Å². The number of benzene rings is 4. The van der Waals surface area contributed by atoms with Crippen molar-refractivity contribution in [3.8, 4) is 34.5 Å². The number of ether oxygens (including phenoxy) is 10. The number of hydrogen-bond acceptors (Lipinski definition) is 14. The van der Waals surface area contributed by atoms with Gasteiger partial charge in [0, 0.05) is 46.1 Å². The molecule has 0 saturated carbocycles. The van der Waals surface area contributed by atoms with E-state index in [1.54, 1.807) is 91.0 Å². The molecule has 0 spiro atoms. The Hall–Kier alpha value is -5.17. The number of carbonyl (C=O) groups is 3. The Morgan fingerprint density at radius 3 is 1.26 bits per heavy atom. The molecule has 4 rings (SSSR count). The Morgan fingerprint density at radius 1 is 0.532 bits per heavy atom. The number of hydrogen-bond donors (Lipinski definition) is 0. The van der Waals surface area contributed by atoms with E-state index in [4.69, 9.17) is 47.4 Å². The smallest absolute Gasteiger partial charge is 0.870 e. The number of carbonyl (C=O) groups excluding carboxylic acids is 3. The third-order valence-electron chi connectivity index (χ3n) is 11.9. The predicted molar refractivity (Wildman–Crippen MR) is 301 cm³/mol. The van der Waals surface area contributed by atoms with Crippen LogP contribution in [-0.2, 0) is 31.8 Å². The largest absolute Gasteiger partial charge is 1.00 e. The van der Waals surface area contributed by atoms with E-state index in [2.05, 4.69) is 53.0 Å². The second-order valence-corrected chi connectivity index (χ2v) is 18.3. The van der Waals surface area contributed by atoms with Crippen LogP contribution in [0.5, 0.6) is 34.5 Å². The molecule has 0 bridgehead atoms. The normalized spacial score (nSPS) is 11.1. The Morgan fingerprint density at radius 2 is 0.896 bits per heavy atom. The summed E-state index contributed by atoms with van der Waals surface area (Å²) in [6.07, 6.45) is 11.7. The number of methoxy groups -OCH3 is 6. The van der Waals surface area contributed by atoms with E-state index in [0.717, 1.165) is 64.5 Å². The van der Waals surface area contributed by atoms with Gasteiger partial charge in [0.25, 0.3) is 0 Å². The number of rotatable bonds is 29. The quantitative estimate of drug-likeness (QED) is 0.0125. The van der Waals surface area contributed by atoms with Crippen LogP contribution in [0.4, 0.5) is 0 Å². The summed E-state index contributed by atoms with van der Waals surface area (Å²) in [4.78, 5) is 36.2. The van der Waals surface area contributed by atoms with E-state index in [9.17, 15) is 14.4 Å². The van der Waals surface area contributed by atoms with Crippen LogP contribution in [0.15, 0.2) is 114 Å². The van der Waals surface area contributed by atoms with Crippen molar-refractivity contribution >= 4 is 23.9 Å². The van der Waals surface area contributed by atoms with Crippen LogP contribution in [0.25, 0.3) is 6.08 Å². The first-order valence-electron chi connectivity index (χ1n) is 24.7. The van der Waals surface area contributed by atoms with Crippen molar-refractivity contribution < 1.29 is 119 Å². The molecule has 0 aliphatic heterocycles. The number of Topliss-reactive ketones (excluding diaryl/α,β-unsaturated/α-hetero) is 1. The van der Waals surface area contributed by atoms with Crippen molar-refractivity contribution in [2.75, 3.05) is 69.8 Å². The van der Waals surface area contributed by atoms with Gasteiger partial charge in [-0.3, -0.25) is 14.4 Å². The van der Waals surface area contributed by atoms with Crippen molar-refractivity contribution in [2.45, 2.75) is 88.0 Å². The van der Waals surface area contributed by atoms with E-state index < -0.39 is 0 Å². The molecule has 77 heavy (non-hydrogen) atoms. The Labute approximate surface area is 501 Å². The second kappa shape index (κ2) is 39.2. The van der Waals surface area contributed by atoms with Crippen LogP contribution in [0.3, 0.4) is 0 Å². The average Bonchev–Trinajstić information content (AvgIpc) is 3.38. The SMILES string of the molecule is C=C(C)C(CC=C(C)C)Cc1c(OCOC)cc(OC)c(C(=O)/C=C/c2ccccc2OCOC)c1C.C=C(C)C(CC=C(C)C)Cc1c(OCOC)cc(OC)c(C(C)=O)c1C.COCOc1ccccc1C=O.[K+].[OH-]. The molecular weight excluding hydrogens is 1010 g/mol. The molecule has 0 fully saturated rings. The topological polar surface area (TPSA) is 174 Å². The number of para-hydroxylation sites is 2. The van der Waals surface area contributed by atoms with Crippen molar-refractivity contribution in [3.63, 3.8) is 0 Å². The zero-order valence-corrected chi connectivity index (χ0v) is 51.8. The van der Waals surface area contributed by atoms with Gasteiger partial charge in [-0.2, -0.15) is 0 Å². The molecule has 0 heterocycles. The van der Waals surface area contributed by atoms with Crippen LogP contribution in [-0.4, -0.2) is 93.2 Å². The van der Waals surface area contributed by atoms with E-state index in [1.165, 1.54) is 18.3 Å². The molecule has 0 radical (unpaired) electrons. The Balaban J connectivity index is 0.00000125. The van der Waals surface area contributed by atoms with Crippen molar-refractivity contribution in [3.05, 3.63) is 159 Å². The van der Waals surface area contributed by atoms with Gasteiger partial charge in [-0.05, 0) is 152 Å². The van der Waals surface area contributed by atoms with Gasteiger partial charge >= 0.3 is 51.4 Å². The molecule has 15 heteroatoms. The molecule has 2 atom stereocenters. The summed E-state index contributed by atoms with van der Waals surface area (Å²) in [5.74, 6) is 3.74. The fourth-order valence-electron chi connectivity index (χ4n) is 7.79. The summed E-state index contributed by atoms with van der Waals surface area (Å²) in [6, 6.07) is 18.0. The average molecular weight is 1090 g/mol. The molecule has 2 unspecified atom stereocenters. The molecule has 0 aliphatic carbocycles. The first-order valence-corrected chi connectivity index (χ1v) is 24.7. The molecule has 0 amide bonds. The summed E-state index contributed by atoms with van der Waals surface area (Å²) in [5.41, 5.74) is 10.8. The first-order chi connectivity index (χ1) is 35.8. The molecule has 14 nitrogen and oxygen atoms in total. The molecule has 4 aromatic carbocycles. The van der Waals surface area contributed by atoms with Crippen LogP contribution in [0.2, 0.25) is 0 Å². The number of ketones is 2. The standard InChI is InChI=1S/C31H40O6.C22H32O4.C9H10O3.K.H2O/c1-21(2)13-14-25(22(3)4)17-26-23(5)31(30(35-8)18-29(26)37-20-34-7)27(32)16-15-24-11-9-10-12-28(24)36-19-33-6;1-14(2)9-10-18(15(3)4)11-19-16(5)22(17(6)23)21(25-8)12-20(19)26-13-24-7;1-11-7-12-9-5-3-2-4-8(9)6-10;;/h9-13,15-16,18,25H,3,14,17,19-20H2,1-2,4-8H3;9,12,18H,3,10-11,13H2,1-2,4-8H3;2-6H,7H2,1H3;;1H2/q;;;+1;/p-1/b16-15+;;;;. The van der Waals surface area contributed by atoms with Crippen LogP contribution >= 0.6 is 0 Å². The first kappa shape index (κ1) is 71.8. The van der Waals surface area contributed by atoms with Gasteiger partial charge < -0.3 is 52.8 Å². The monoisotopic (exact) mass is 1090 g/mol. The van der Waals surface area contributed by atoms with Gasteiger partial charge in [0.2, 0.25) is 0 Å². The van der Waals surface area contributed by atoms with E-state index in [1.807, 2.05) is 52.0 Å². The molecule has 1 N–H and O–H groups in total. The molecule has 416 valence electrons. The van der Waals surface area contributed by atoms with Gasteiger partial charge in [-0.1, -0.05) is 77.9 Å². The molecule has 0 saturated heterocycles. The Kier molecular flexibility index (Phi) is 36.6. The van der Waals surface area contributed by atoms with Crippen LogP contribution in [0, 0.1) is 25.7 Å². The molecule has 0 aliphatic rings. The zero-order valence-electron chi connectivity index (χ0n) is 48.6. The number of allylic oxidation sites excluding steroid dienone is 7. The maximum absolute atomic E-state index is 13.5. The summed E-state index contributed by atoms with van der Waals surface area (Å²) in [6.45, 7) is 26.8. The van der Waals surface area contributed by atoms with Crippen molar-refractivity contribution in [2.24, 2.45) is 11.8 Å². The van der Waals surface area contributed by atoms with Crippen LogP contribution < -0.4 is 79.8 Å². The summed E-state index contributed by atoms with van der Waals surface area (Å²) in [7, 11) is 9.36. The van der Waals surface area contributed by atoms with Crippen molar-refractivity contribution in [1.29, 1.82) is 0 Å². The second-order valence-electron chi connectivity index (χ2n) is 18.3. The van der Waals surface area contributed by atoms with E-state index >= 15 is 0 Å². The van der Waals surface area contributed by atoms with Gasteiger partial charge in [0.15, 0.2) is 45.0 Å². The zero-order chi connectivity index (χ0) is 56.0. The van der Waals surface area contributed by atoms with E-state index in [-0.39, 0.29) is 107 Å². The van der Waals surface area contributed by atoms with Gasteiger partial charge in [0.1, 0.15) is 34.5 Å². The summed E-state index contributed by atoms with van der Waals surface area (Å²) < 4.78 is 53.5. The summed E-state index contributed by atoms with van der Waals surface area (Å²) >= 11 is 0. The van der Waals surface area contributed by atoms with Gasteiger partial charge in [-0.25, -0.2) is 0 Å². The minimum Gasteiger partial charge on any atom is -0.870 e. The maximum Gasteiger partial charge on any atom is 1.00 e. The third-order valence-corrected chi connectivity index (χ3v) is 11.9. The van der Waals surface area contributed by atoms with Gasteiger partial charge in [-0.15, -0.1) is 0 Å².